The fourth-order valence-electron chi connectivity index (χ4n) is 3.73. The molecule has 0 aromatic carbocycles. The van der Waals surface area contributed by atoms with Gasteiger partial charge in [0.15, 0.2) is 0 Å². The lowest BCUT2D eigenvalue weighted by molar-refractivity contribution is -0.148. The summed E-state index contributed by atoms with van der Waals surface area (Å²) in [5.41, 5.74) is -0.448. The largest absolute Gasteiger partial charge is 0.468 e. The Kier molecular flexibility index (Phi) is 5.41. The number of nitrogens with one attached hydrogen (secondary N) is 1. The van der Waals surface area contributed by atoms with E-state index in [4.69, 9.17) is 4.74 Å². The van der Waals surface area contributed by atoms with Crippen LogP contribution in [0.3, 0.4) is 0 Å². The molecular formula is C15H29N3O2. The number of likely N-dealkylation sites (N-methyl/N-ethyl adjacent to an activating group) is 2. The van der Waals surface area contributed by atoms with Crippen LogP contribution in [0.5, 0.6) is 0 Å². The summed E-state index contributed by atoms with van der Waals surface area (Å²) in [7, 11) is 1.49. The molecule has 1 N–H and O–H groups in total. The van der Waals surface area contributed by atoms with E-state index in [0.717, 1.165) is 58.5 Å². The van der Waals surface area contributed by atoms with Gasteiger partial charge in [0.25, 0.3) is 0 Å². The molecule has 0 spiro atoms. The first-order chi connectivity index (χ1) is 9.65. The van der Waals surface area contributed by atoms with Crippen molar-refractivity contribution in [2.75, 3.05) is 46.4 Å². The van der Waals surface area contributed by atoms with Crippen molar-refractivity contribution < 1.29 is 9.53 Å². The third-order valence-electron chi connectivity index (χ3n) is 4.95. The molecular weight excluding hydrogens is 254 g/mol. The highest BCUT2D eigenvalue weighted by Crippen LogP contribution is 2.34. The molecule has 5 nitrogen and oxygen atoms in total. The second-order valence-corrected chi connectivity index (χ2v) is 5.97. The Morgan fingerprint density at radius 2 is 2.00 bits per heavy atom. The molecule has 2 atom stereocenters. The number of hydrogen-bond donors (Lipinski definition) is 1. The lowest BCUT2D eigenvalue weighted by Gasteiger charge is -2.38. The van der Waals surface area contributed by atoms with E-state index in [0.29, 0.717) is 6.04 Å². The van der Waals surface area contributed by atoms with Crippen LogP contribution < -0.4 is 5.32 Å². The van der Waals surface area contributed by atoms with E-state index in [1.807, 2.05) is 0 Å². The Morgan fingerprint density at radius 3 is 2.55 bits per heavy atom. The molecule has 0 amide bonds. The standard InChI is InChI=1S/C15H29N3O2/c1-4-16-15(14(19)20-3)7-6-13(12-15)18-10-8-17(5-2)9-11-18/h13,16H,4-12H2,1-3H3. The molecule has 1 aliphatic carbocycles. The van der Waals surface area contributed by atoms with Crippen LogP contribution >= 0.6 is 0 Å². The van der Waals surface area contributed by atoms with Gasteiger partial charge in [-0.2, -0.15) is 0 Å². The van der Waals surface area contributed by atoms with Crippen LogP contribution in [0.4, 0.5) is 0 Å². The molecule has 1 aliphatic heterocycles. The fraction of sp³-hybridized carbons (Fsp3) is 0.933. The lowest BCUT2D eigenvalue weighted by Crippen LogP contribution is -2.54. The van der Waals surface area contributed by atoms with Crippen LogP contribution in [0.15, 0.2) is 0 Å². The third kappa shape index (κ3) is 3.15. The van der Waals surface area contributed by atoms with E-state index < -0.39 is 5.54 Å². The molecule has 1 saturated heterocycles. The van der Waals surface area contributed by atoms with Gasteiger partial charge in [0, 0.05) is 32.2 Å². The summed E-state index contributed by atoms with van der Waals surface area (Å²) in [4.78, 5) is 17.2. The van der Waals surface area contributed by atoms with Crippen LogP contribution in [0.25, 0.3) is 0 Å². The van der Waals surface area contributed by atoms with Crippen LogP contribution in [-0.2, 0) is 9.53 Å². The van der Waals surface area contributed by atoms with Crippen molar-refractivity contribution in [3.63, 3.8) is 0 Å². The number of esters is 1. The summed E-state index contributed by atoms with van der Waals surface area (Å²) in [6.07, 6.45) is 2.88. The monoisotopic (exact) mass is 283 g/mol. The van der Waals surface area contributed by atoms with Crippen LogP contribution in [0.1, 0.15) is 33.1 Å². The number of hydrogen-bond acceptors (Lipinski definition) is 5. The summed E-state index contributed by atoms with van der Waals surface area (Å²) in [5, 5.41) is 3.39. The van der Waals surface area contributed by atoms with E-state index in [1.165, 1.54) is 7.11 Å². The average Bonchev–Trinajstić information content (AvgIpc) is 2.92. The van der Waals surface area contributed by atoms with E-state index in [9.17, 15) is 4.79 Å². The smallest absolute Gasteiger partial charge is 0.326 e. The predicted octanol–water partition coefficient (Wildman–Crippen LogP) is 0.698. The van der Waals surface area contributed by atoms with E-state index in [2.05, 4.69) is 29.0 Å². The first kappa shape index (κ1) is 15.7. The van der Waals surface area contributed by atoms with Crippen molar-refractivity contribution in [1.82, 2.24) is 15.1 Å². The summed E-state index contributed by atoms with van der Waals surface area (Å²) in [5.74, 6) is -0.0888. The Hall–Kier alpha value is -0.650. The van der Waals surface area contributed by atoms with Crippen LogP contribution in [0, 0.1) is 0 Å². The van der Waals surface area contributed by atoms with Crippen LogP contribution in [0.2, 0.25) is 0 Å². The van der Waals surface area contributed by atoms with Gasteiger partial charge in [0.05, 0.1) is 7.11 Å². The second kappa shape index (κ2) is 6.87. The van der Waals surface area contributed by atoms with E-state index >= 15 is 0 Å². The van der Waals surface area contributed by atoms with Gasteiger partial charge < -0.3 is 15.0 Å². The van der Waals surface area contributed by atoms with Crippen molar-refractivity contribution in [1.29, 1.82) is 0 Å². The second-order valence-electron chi connectivity index (χ2n) is 5.97. The molecule has 0 aromatic heterocycles. The highest BCUT2D eigenvalue weighted by Gasteiger charge is 2.47. The summed E-state index contributed by atoms with van der Waals surface area (Å²) >= 11 is 0. The topological polar surface area (TPSA) is 44.8 Å². The minimum atomic E-state index is -0.448. The molecule has 20 heavy (non-hydrogen) atoms. The van der Waals surface area contributed by atoms with Crippen molar-refractivity contribution in [3.8, 4) is 0 Å². The number of methoxy groups -OCH3 is 1. The van der Waals surface area contributed by atoms with Gasteiger partial charge in [-0.3, -0.25) is 9.69 Å². The maximum absolute atomic E-state index is 12.1. The zero-order valence-corrected chi connectivity index (χ0v) is 13.2. The quantitative estimate of drug-likeness (QED) is 0.753. The fourth-order valence-corrected chi connectivity index (χ4v) is 3.73. The summed E-state index contributed by atoms with van der Waals surface area (Å²) < 4.78 is 5.03. The molecule has 0 radical (unpaired) electrons. The maximum Gasteiger partial charge on any atom is 0.326 e. The molecule has 116 valence electrons. The molecule has 2 aliphatic rings. The van der Waals surface area contributed by atoms with Gasteiger partial charge in [-0.25, -0.2) is 0 Å². The van der Waals surface area contributed by atoms with Crippen molar-refractivity contribution >= 4 is 5.97 Å². The number of piperazine rings is 1. The molecule has 1 heterocycles. The van der Waals surface area contributed by atoms with Gasteiger partial charge in [-0.15, -0.1) is 0 Å². The van der Waals surface area contributed by atoms with Crippen LogP contribution in [-0.4, -0.2) is 73.7 Å². The van der Waals surface area contributed by atoms with Crippen molar-refractivity contribution in [3.05, 3.63) is 0 Å². The Labute approximate surface area is 122 Å². The van der Waals surface area contributed by atoms with E-state index in [1.54, 1.807) is 0 Å². The Morgan fingerprint density at radius 1 is 1.30 bits per heavy atom. The summed E-state index contributed by atoms with van der Waals surface area (Å²) in [6, 6.07) is 0.521. The number of rotatable bonds is 5. The third-order valence-corrected chi connectivity index (χ3v) is 4.95. The maximum atomic E-state index is 12.1. The molecule has 1 saturated carbocycles. The normalized spacial score (nSPS) is 32.5. The highest BCUT2D eigenvalue weighted by molar-refractivity contribution is 5.81. The number of ether oxygens (including phenoxy) is 1. The van der Waals surface area contributed by atoms with Gasteiger partial charge in [-0.05, 0) is 32.4 Å². The molecule has 5 heteroatoms. The minimum Gasteiger partial charge on any atom is -0.468 e. The number of carbonyl (C=O) groups excluding carboxylic acids is 1. The first-order valence-corrected chi connectivity index (χ1v) is 7.95. The molecule has 0 bridgehead atoms. The van der Waals surface area contributed by atoms with Gasteiger partial charge in [-0.1, -0.05) is 13.8 Å². The average molecular weight is 283 g/mol. The van der Waals surface area contributed by atoms with Gasteiger partial charge in [0.1, 0.15) is 5.54 Å². The molecule has 2 rings (SSSR count). The summed E-state index contributed by atoms with van der Waals surface area (Å²) in [6.45, 7) is 10.8. The Bertz CT molecular complexity index is 329. The van der Waals surface area contributed by atoms with Gasteiger partial charge in [0.2, 0.25) is 0 Å². The minimum absolute atomic E-state index is 0.0888. The molecule has 0 aromatic rings. The number of carbonyl (C=O) groups is 1. The highest BCUT2D eigenvalue weighted by atomic mass is 16.5. The predicted molar refractivity (Wildman–Crippen MR) is 79.7 cm³/mol. The zero-order chi connectivity index (χ0) is 14.6. The van der Waals surface area contributed by atoms with Crippen molar-refractivity contribution in [2.24, 2.45) is 0 Å². The van der Waals surface area contributed by atoms with Crippen molar-refractivity contribution in [2.45, 2.75) is 44.7 Å². The molecule has 2 fully saturated rings. The Balaban J connectivity index is 1.95. The zero-order valence-electron chi connectivity index (χ0n) is 13.2. The number of nitrogens with zero attached hydrogens (tertiary/aromatic N) is 2. The SMILES string of the molecule is CCNC1(C(=O)OC)CCC(N2CCN(CC)CC2)C1. The first-order valence-electron chi connectivity index (χ1n) is 7.95. The lowest BCUT2D eigenvalue weighted by atomic mass is 9.97. The molecule has 2 unspecified atom stereocenters. The van der Waals surface area contributed by atoms with E-state index in [-0.39, 0.29) is 5.97 Å². The van der Waals surface area contributed by atoms with Gasteiger partial charge >= 0.3 is 5.97 Å².